The largest absolute Gasteiger partial charge is 0.285 e. The molecule has 0 aliphatic carbocycles. The van der Waals surface area contributed by atoms with Gasteiger partial charge >= 0.3 is 0 Å². The lowest BCUT2D eigenvalue weighted by Crippen LogP contribution is -2.48. The molecule has 0 aromatic rings. The molecule has 0 saturated heterocycles. The Morgan fingerprint density at radius 1 is 1.24 bits per heavy atom. The van der Waals surface area contributed by atoms with E-state index in [0.717, 1.165) is 12.2 Å². The highest BCUT2D eigenvalue weighted by atomic mass is 32.2. The van der Waals surface area contributed by atoms with E-state index < -0.39 is 33.2 Å². The van der Waals surface area contributed by atoms with Crippen LogP contribution in [0.15, 0.2) is 25.3 Å². The number of carbonyl (C=O) groups is 2. The van der Waals surface area contributed by atoms with Crippen LogP contribution in [0.1, 0.15) is 13.8 Å². The maximum atomic E-state index is 11.4. The fraction of sp³-hybridized carbons (Fsp3) is 0.400. The first-order valence-electron chi connectivity index (χ1n) is 4.64. The molecule has 0 fully saturated rings. The lowest BCUT2D eigenvalue weighted by Gasteiger charge is -2.27. The topological polar surface area (TPSA) is 91.8 Å². The fourth-order valence-corrected chi connectivity index (χ4v) is 1.24. The Kier molecular flexibility index (Phi) is 4.79. The number of rotatable bonds is 5. The van der Waals surface area contributed by atoms with Gasteiger partial charge in [0.2, 0.25) is 0 Å². The van der Waals surface area contributed by atoms with Crippen LogP contribution in [0, 0.1) is 0 Å². The van der Waals surface area contributed by atoms with Crippen LogP contribution in [0.5, 0.6) is 0 Å². The summed E-state index contributed by atoms with van der Waals surface area (Å²) in [5, 5.41) is 0. The molecule has 7 heteroatoms. The van der Waals surface area contributed by atoms with Gasteiger partial charge in [0.05, 0.1) is 6.54 Å². The summed E-state index contributed by atoms with van der Waals surface area (Å²) in [5.74, 6) is -1.52. The van der Waals surface area contributed by atoms with Crippen LogP contribution < -0.4 is 0 Å². The molecule has 0 aromatic carbocycles. The highest BCUT2D eigenvalue weighted by molar-refractivity contribution is 7.87. The molecule has 0 bridgehead atoms. The summed E-state index contributed by atoms with van der Waals surface area (Å²) in [4.78, 5) is 23.4. The number of hydrogen-bond acceptors (Lipinski definition) is 4. The first-order chi connectivity index (χ1) is 7.56. The molecule has 0 aliphatic rings. The van der Waals surface area contributed by atoms with Gasteiger partial charge in [0.1, 0.15) is 4.75 Å². The van der Waals surface area contributed by atoms with Crippen molar-refractivity contribution in [3.8, 4) is 0 Å². The van der Waals surface area contributed by atoms with Crippen molar-refractivity contribution >= 4 is 21.9 Å². The van der Waals surface area contributed by atoms with Gasteiger partial charge in [-0.25, -0.2) is 0 Å². The van der Waals surface area contributed by atoms with E-state index >= 15 is 0 Å². The molecule has 0 aromatic heterocycles. The summed E-state index contributed by atoms with van der Waals surface area (Å²) in [7, 11) is -4.40. The highest BCUT2D eigenvalue weighted by Gasteiger charge is 2.37. The van der Waals surface area contributed by atoms with Gasteiger partial charge in [0, 0.05) is 0 Å². The van der Waals surface area contributed by atoms with Gasteiger partial charge in [-0.1, -0.05) is 13.2 Å². The van der Waals surface area contributed by atoms with E-state index in [-0.39, 0.29) is 0 Å². The zero-order chi connectivity index (χ0) is 13.9. The second kappa shape index (κ2) is 5.24. The van der Waals surface area contributed by atoms with Gasteiger partial charge in [-0.05, 0) is 26.0 Å². The molecule has 0 saturated carbocycles. The van der Waals surface area contributed by atoms with Gasteiger partial charge in [0.15, 0.2) is 0 Å². The third-order valence-corrected chi connectivity index (χ3v) is 3.64. The molecule has 0 unspecified atom stereocenters. The molecule has 0 heterocycles. The Morgan fingerprint density at radius 3 is 1.82 bits per heavy atom. The van der Waals surface area contributed by atoms with Crippen molar-refractivity contribution in [2.24, 2.45) is 0 Å². The van der Waals surface area contributed by atoms with E-state index in [0.29, 0.717) is 4.90 Å². The molecule has 17 heavy (non-hydrogen) atoms. The summed E-state index contributed by atoms with van der Waals surface area (Å²) >= 11 is 0. The SMILES string of the molecule is C=CC(=O)N(CC(C)(C)S(=O)(=O)O)C(=O)C=C. The summed E-state index contributed by atoms with van der Waals surface area (Å²) in [6, 6.07) is 0. The van der Waals surface area contributed by atoms with Gasteiger partial charge in [-0.2, -0.15) is 8.42 Å². The third-order valence-electron chi connectivity index (χ3n) is 2.12. The Hall–Kier alpha value is -1.47. The van der Waals surface area contributed by atoms with Crippen LogP contribution in [0.3, 0.4) is 0 Å². The normalized spacial score (nSPS) is 11.7. The number of amides is 2. The fourth-order valence-electron chi connectivity index (χ4n) is 0.947. The van der Waals surface area contributed by atoms with Crippen LogP contribution >= 0.6 is 0 Å². The summed E-state index contributed by atoms with van der Waals surface area (Å²) in [6.07, 6.45) is 1.75. The maximum absolute atomic E-state index is 11.4. The van der Waals surface area contributed by atoms with Gasteiger partial charge in [-0.3, -0.25) is 19.0 Å². The van der Waals surface area contributed by atoms with Gasteiger partial charge in [0.25, 0.3) is 21.9 Å². The number of hydrogen-bond donors (Lipinski definition) is 1. The first kappa shape index (κ1) is 15.5. The molecule has 0 rings (SSSR count). The van der Waals surface area contributed by atoms with Crippen LogP contribution in [0.4, 0.5) is 0 Å². The minimum absolute atomic E-state index is 0.485. The molecule has 2 amide bonds. The molecule has 0 aliphatic heterocycles. The molecule has 0 radical (unpaired) electrons. The van der Waals surface area contributed by atoms with E-state index in [1.165, 1.54) is 13.8 Å². The molecule has 0 atom stereocenters. The molecule has 0 spiro atoms. The average molecular weight is 261 g/mol. The van der Waals surface area contributed by atoms with Crippen molar-refractivity contribution in [2.45, 2.75) is 18.6 Å². The van der Waals surface area contributed by atoms with Crippen molar-refractivity contribution in [1.82, 2.24) is 4.90 Å². The van der Waals surface area contributed by atoms with Gasteiger partial charge < -0.3 is 0 Å². The van der Waals surface area contributed by atoms with Crippen LogP contribution in [0.2, 0.25) is 0 Å². The maximum Gasteiger partial charge on any atom is 0.271 e. The minimum atomic E-state index is -4.40. The van der Waals surface area contributed by atoms with Crippen LogP contribution in [-0.4, -0.2) is 41.0 Å². The number of nitrogens with zero attached hydrogens (tertiary/aromatic N) is 1. The van der Waals surface area contributed by atoms with Crippen molar-refractivity contribution in [1.29, 1.82) is 0 Å². The quantitative estimate of drug-likeness (QED) is 0.570. The standard InChI is InChI=1S/C10H15NO5S/c1-5-8(12)11(9(13)6-2)7-10(3,4)17(14,15)16/h5-6H,1-2,7H2,3-4H3,(H,14,15,16). The summed E-state index contributed by atoms with van der Waals surface area (Å²) in [5.41, 5.74) is 0. The van der Waals surface area contributed by atoms with E-state index in [4.69, 9.17) is 4.55 Å². The summed E-state index contributed by atoms with van der Waals surface area (Å²) in [6.45, 7) is 8.31. The van der Waals surface area contributed by atoms with E-state index in [9.17, 15) is 18.0 Å². The zero-order valence-electron chi connectivity index (χ0n) is 9.71. The van der Waals surface area contributed by atoms with E-state index in [2.05, 4.69) is 13.2 Å². The minimum Gasteiger partial charge on any atom is -0.285 e. The third kappa shape index (κ3) is 3.79. The van der Waals surface area contributed by atoms with Crippen molar-refractivity contribution in [3.05, 3.63) is 25.3 Å². The van der Waals surface area contributed by atoms with Crippen molar-refractivity contribution in [3.63, 3.8) is 0 Å². The molecule has 6 nitrogen and oxygen atoms in total. The summed E-state index contributed by atoms with van der Waals surface area (Å²) < 4.78 is 29.4. The molecule has 1 N–H and O–H groups in total. The zero-order valence-corrected chi connectivity index (χ0v) is 10.5. The molecule has 96 valence electrons. The highest BCUT2D eigenvalue weighted by Crippen LogP contribution is 2.17. The number of carbonyl (C=O) groups excluding carboxylic acids is 2. The monoisotopic (exact) mass is 261 g/mol. The van der Waals surface area contributed by atoms with Crippen LogP contribution in [-0.2, 0) is 19.7 Å². The van der Waals surface area contributed by atoms with Crippen LogP contribution in [0.25, 0.3) is 0 Å². The van der Waals surface area contributed by atoms with Crippen molar-refractivity contribution in [2.75, 3.05) is 6.54 Å². The second-order valence-electron chi connectivity index (χ2n) is 3.91. The van der Waals surface area contributed by atoms with Gasteiger partial charge in [-0.15, -0.1) is 0 Å². The Balaban J connectivity index is 5.28. The van der Waals surface area contributed by atoms with Crippen molar-refractivity contribution < 1.29 is 22.6 Å². The van der Waals surface area contributed by atoms with E-state index in [1.807, 2.05) is 0 Å². The number of imide groups is 1. The van der Waals surface area contributed by atoms with E-state index in [1.54, 1.807) is 0 Å². The predicted octanol–water partition coefficient (Wildman–Crippen LogP) is 0.380. The Bertz CT molecular complexity index is 429. The first-order valence-corrected chi connectivity index (χ1v) is 6.08. The Labute approximate surface area is 100 Å². The predicted molar refractivity (Wildman–Crippen MR) is 62.7 cm³/mol. The second-order valence-corrected chi connectivity index (χ2v) is 5.96. The molecular weight excluding hydrogens is 246 g/mol. The molecular formula is C10H15NO5S. The lowest BCUT2D eigenvalue weighted by atomic mass is 10.2. The smallest absolute Gasteiger partial charge is 0.271 e. The lowest BCUT2D eigenvalue weighted by molar-refractivity contribution is -0.139. The average Bonchev–Trinajstić information content (AvgIpc) is 2.22. The Morgan fingerprint density at radius 2 is 1.59 bits per heavy atom.